The van der Waals surface area contributed by atoms with E-state index in [9.17, 15) is 19.2 Å². The number of aliphatic imine (C=N–C) groups is 2. The van der Waals surface area contributed by atoms with Crippen LogP contribution in [0.1, 0.15) is 40.5 Å². The third kappa shape index (κ3) is 7.51. The zero-order valence-electron chi connectivity index (χ0n) is 21.0. The Labute approximate surface area is 209 Å². The highest BCUT2D eigenvalue weighted by atomic mass is 32.2. The van der Waals surface area contributed by atoms with Gasteiger partial charge in [-0.15, -0.1) is 0 Å². The highest BCUT2D eigenvalue weighted by Gasteiger charge is 2.32. The van der Waals surface area contributed by atoms with Crippen LogP contribution < -0.4 is 0 Å². The quantitative estimate of drug-likeness (QED) is 0.248. The summed E-state index contributed by atoms with van der Waals surface area (Å²) in [6.07, 6.45) is 0.400. The zero-order valence-corrected chi connectivity index (χ0v) is 21.8. The molecule has 2 atom stereocenters. The monoisotopic (exact) mass is 508 g/mol. The fourth-order valence-corrected chi connectivity index (χ4v) is 4.34. The Kier molecular flexibility index (Phi) is 10.7. The Balaban J connectivity index is 1.73. The van der Waals surface area contributed by atoms with Crippen molar-refractivity contribution in [3.05, 3.63) is 22.5 Å². The predicted octanol–water partition coefficient (Wildman–Crippen LogP) is 2.66. The van der Waals surface area contributed by atoms with E-state index >= 15 is 0 Å². The number of rotatable bonds is 10. The highest BCUT2D eigenvalue weighted by molar-refractivity contribution is 7.99. The molecule has 0 saturated heterocycles. The maximum atomic E-state index is 12.4. The van der Waals surface area contributed by atoms with E-state index in [0.29, 0.717) is 45.5 Å². The van der Waals surface area contributed by atoms with Crippen molar-refractivity contribution in [1.29, 1.82) is 0 Å². The molecule has 0 radical (unpaired) electrons. The highest BCUT2D eigenvalue weighted by Crippen LogP contribution is 2.27. The van der Waals surface area contributed by atoms with Gasteiger partial charge in [0, 0.05) is 34.3 Å². The van der Waals surface area contributed by atoms with Gasteiger partial charge in [-0.1, -0.05) is 0 Å². The van der Waals surface area contributed by atoms with E-state index in [-0.39, 0.29) is 26.1 Å². The Morgan fingerprint density at radius 1 is 0.743 bits per heavy atom. The summed E-state index contributed by atoms with van der Waals surface area (Å²) in [5.41, 5.74) is 3.02. The summed E-state index contributed by atoms with van der Waals surface area (Å²) in [7, 11) is 2.60. The molecular formula is C24H32N2O8S. The number of hydrogen-bond acceptors (Lipinski definition) is 11. The summed E-state index contributed by atoms with van der Waals surface area (Å²) in [5.74, 6) is -2.04. The van der Waals surface area contributed by atoms with E-state index in [1.165, 1.54) is 26.0 Å². The molecule has 10 nitrogen and oxygen atoms in total. The van der Waals surface area contributed by atoms with Gasteiger partial charge < -0.3 is 18.9 Å². The van der Waals surface area contributed by atoms with Crippen LogP contribution in [-0.2, 0) is 38.1 Å². The summed E-state index contributed by atoms with van der Waals surface area (Å²) >= 11 is 1.46. The van der Waals surface area contributed by atoms with Gasteiger partial charge in [-0.25, -0.2) is 9.59 Å². The minimum absolute atomic E-state index is 0.166. The zero-order chi connectivity index (χ0) is 26.1. The van der Waals surface area contributed by atoms with Gasteiger partial charge in [-0.05, 0) is 40.5 Å². The van der Waals surface area contributed by atoms with Crippen LogP contribution in [0.25, 0.3) is 0 Å². The summed E-state index contributed by atoms with van der Waals surface area (Å²) < 4.78 is 20.2. The van der Waals surface area contributed by atoms with E-state index in [4.69, 9.17) is 18.9 Å². The van der Waals surface area contributed by atoms with E-state index in [1.54, 1.807) is 27.7 Å². The van der Waals surface area contributed by atoms with Crippen molar-refractivity contribution < 1.29 is 38.1 Å². The second-order valence-corrected chi connectivity index (χ2v) is 9.30. The number of carbonyl (C=O) groups is 4. The third-order valence-electron chi connectivity index (χ3n) is 5.77. The van der Waals surface area contributed by atoms with Gasteiger partial charge >= 0.3 is 23.9 Å². The number of esters is 4. The Morgan fingerprint density at radius 3 is 1.46 bits per heavy atom. The molecular weight excluding hydrogens is 476 g/mol. The standard InChI is InChI=1S/C24H32N2O8S/c1-13-17(21(27)31-5)11-19(15(3)25-13)23(29)33-7-9-35-10-8-34-24(30)20-12-18(22(28)32-6)14(2)26-16(20)4/h17-18H,7-12H2,1-6H3. The summed E-state index contributed by atoms with van der Waals surface area (Å²) in [6, 6.07) is 0. The fraction of sp³-hybridized carbons (Fsp3) is 0.583. The maximum Gasteiger partial charge on any atom is 0.335 e. The minimum atomic E-state index is -0.587. The second-order valence-electron chi connectivity index (χ2n) is 8.08. The number of thioether (sulfide) groups is 1. The van der Waals surface area contributed by atoms with Gasteiger partial charge in [0.25, 0.3) is 0 Å². The van der Waals surface area contributed by atoms with Crippen molar-refractivity contribution in [3.8, 4) is 0 Å². The van der Waals surface area contributed by atoms with Crippen molar-refractivity contribution in [2.75, 3.05) is 38.9 Å². The van der Waals surface area contributed by atoms with Crippen LogP contribution in [0, 0.1) is 11.8 Å². The number of carbonyl (C=O) groups excluding carboxylic acids is 4. The fourth-order valence-electron chi connectivity index (χ4n) is 3.74. The van der Waals surface area contributed by atoms with E-state index in [2.05, 4.69) is 9.98 Å². The summed E-state index contributed by atoms with van der Waals surface area (Å²) in [6.45, 7) is 7.21. The summed E-state index contributed by atoms with van der Waals surface area (Å²) in [4.78, 5) is 57.3. The first-order chi connectivity index (χ1) is 16.6. The molecule has 0 bridgehead atoms. The van der Waals surface area contributed by atoms with E-state index in [1.807, 2.05) is 0 Å². The van der Waals surface area contributed by atoms with Crippen molar-refractivity contribution in [2.24, 2.45) is 21.8 Å². The second kappa shape index (κ2) is 13.2. The lowest BCUT2D eigenvalue weighted by atomic mass is 9.91. The van der Waals surface area contributed by atoms with Gasteiger partial charge in [0.15, 0.2) is 0 Å². The molecule has 0 aromatic carbocycles. The molecule has 0 fully saturated rings. The molecule has 2 aliphatic rings. The Hall–Kier alpha value is -2.95. The van der Waals surface area contributed by atoms with Crippen molar-refractivity contribution in [1.82, 2.24) is 0 Å². The summed E-state index contributed by atoms with van der Waals surface area (Å²) in [5, 5.41) is 0. The molecule has 0 spiro atoms. The van der Waals surface area contributed by atoms with Crippen LogP contribution >= 0.6 is 11.8 Å². The lowest BCUT2D eigenvalue weighted by Gasteiger charge is -2.21. The van der Waals surface area contributed by atoms with E-state index in [0.717, 1.165) is 0 Å². The van der Waals surface area contributed by atoms with Gasteiger partial charge in [0.1, 0.15) is 13.2 Å². The van der Waals surface area contributed by atoms with Gasteiger partial charge in [0.2, 0.25) is 0 Å². The maximum absolute atomic E-state index is 12.4. The first-order valence-electron chi connectivity index (χ1n) is 11.2. The van der Waals surface area contributed by atoms with Crippen LogP contribution in [0.2, 0.25) is 0 Å². The first-order valence-corrected chi connectivity index (χ1v) is 12.3. The Morgan fingerprint density at radius 2 is 1.11 bits per heavy atom. The van der Waals surface area contributed by atoms with Gasteiger partial charge in [0.05, 0.1) is 37.2 Å². The number of ether oxygens (including phenoxy) is 4. The van der Waals surface area contributed by atoms with Crippen LogP contribution in [-0.4, -0.2) is 74.2 Å². The minimum Gasteiger partial charge on any atom is -0.469 e. The molecule has 0 aromatic heterocycles. The van der Waals surface area contributed by atoms with Crippen molar-refractivity contribution >= 4 is 47.1 Å². The SMILES string of the molecule is COC(=O)C1CC(C(=O)OCCSCCOC(=O)C2=C(C)N=C(C)C(C(=O)OC)C2)=C(C)N=C1C. The molecule has 2 unspecified atom stereocenters. The van der Waals surface area contributed by atoms with Crippen LogP contribution in [0.5, 0.6) is 0 Å². The number of nitrogens with zero attached hydrogens (tertiary/aromatic N) is 2. The first kappa shape index (κ1) is 28.3. The van der Waals surface area contributed by atoms with Gasteiger partial charge in [-0.2, -0.15) is 11.8 Å². The average Bonchev–Trinajstić information content (AvgIpc) is 2.82. The lowest BCUT2D eigenvalue weighted by molar-refractivity contribution is -0.144. The van der Waals surface area contributed by atoms with Crippen molar-refractivity contribution in [2.45, 2.75) is 40.5 Å². The molecule has 192 valence electrons. The molecule has 0 saturated carbocycles. The predicted molar refractivity (Wildman–Crippen MR) is 131 cm³/mol. The van der Waals surface area contributed by atoms with Crippen molar-refractivity contribution in [3.63, 3.8) is 0 Å². The van der Waals surface area contributed by atoms with E-state index < -0.39 is 35.7 Å². The molecule has 0 aromatic rings. The topological polar surface area (TPSA) is 130 Å². The lowest BCUT2D eigenvalue weighted by Crippen LogP contribution is -2.29. The largest absolute Gasteiger partial charge is 0.469 e. The average molecular weight is 509 g/mol. The van der Waals surface area contributed by atoms with Gasteiger partial charge in [-0.3, -0.25) is 19.6 Å². The molecule has 2 heterocycles. The molecule has 0 N–H and O–H groups in total. The number of methoxy groups -OCH3 is 2. The molecule has 0 aliphatic carbocycles. The number of hydrogen-bond donors (Lipinski definition) is 0. The normalized spacial score (nSPS) is 20.1. The molecule has 2 rings (SSSR count). The molecule has 2 aliphatic heterocycles. The molecule has 11 heteroatoms. The Bertz CT molecular complexity index is 917. The number of allylic oxidation sites excluding steroid dienone is 2. The smallest absolute Gasteiger partial charge is 0.335 e. The van der Waals surface area contributed by atoms with Crippen LogP contribution in [0.15, 0.2) is 32.5 Å². The van der Waals surface area contributed by atoms with Crippen LogP contribution in [0.4, 0.5) is 0 Å². The molecule has 35 heavy (non-hydrogen) atoms. The van der Waals surface area contributed by atoms with Crippen LogP contribution in [0.3, 0.4) is 0 Å². The molecule has 0 amide bonds. The third-order valence-corrected chi connectivity index (χ3v) is 6.68.